The van der Waals surface area contributed by atoms with Crippen LogP contribution in [0.25, 0.3) is 0 Å². The zero-order valence-electron chi connectivity index (χ0n) is 17.8. The SMILES string of the molecule is Cc1ccc(S(=O)(=O)Nc2cccc(C(=O)N3CCN(c4ccc(Cl)cn4)CC3)c2)cc1F. The first-order valence-corrected chi connectivity index (χ1v) is 12.1. The Morgan fingerprint density at radius 3 is 2.48 bits per heavy atom. The van der Waals surface area contributed by atoms with Gasteiger partial charge in [-0.3, -0.25) is 9.52 Å². The van der Waals surface area contributed by atoms with Crippen LogP contribution in [0.3, 0.4) is 0 Å². The Kier molecular flexibility index (Phi) is 6.53. The number of anilines is 2. The molecule has 2 heterocycles. The highest BCUT2D eigenvalue weighted by atomic mass is 35.5. The largest absolute Gasteiger partial charge is 0.353 e. The molecule has 1 fully saturated rings. The minimum absolute atomic E-state index is 0.186. The fourth-order valence-electron chi connectivity index (χ4n) is 3.55. The lowest BCUT2D eigenvalue weighted by Gasteiger charge is -2.35. The van der Waals surface area contributed by atoms with E-state index in [1.807, 2.05) is 6.07 Å². The third kappa shape index (κ3) is 5.26. The summed E-state index contributed by atoms with van der Waals surface area (Å²) >= 11 is 5.89. The van der Waals surface area contributed by atoms with Crippen LogP contribution in [0.5, 0.6) is 0 Å². The van der Waals surface area contributed by atoms with Crippen molar-refractivity contribution in [2.75, 3.05) is 35.8 Å². The van der Waals surface area contributed by atoms with Gasteiger partial charge in [0.15, 0.2) is 0 Å². The van der Waals surface area contributed by atoms with Gasteiger partial charge in [0.1, 0.15) is 11.6 Å². The number of hydrogen-bond acceptors (Lipinski definition) is 5. The van der Waals surface area contributed by atoms with Crippen molar-refractivity contribution in [1.29, 1.82) is 0 Å². The standard InChI is InChI=1S/C23H22ClFN4O3S/c1-16-5-7-20(14-21(16)25)33(31,32)27-19-4-2-3-17(13-19)23(30)29-11-9-28(10-12-29)22-8-6-18(24)15-26-22/h2-8,13-15,27H,9-12H2,1H3. The van der Waals surface area contributed by atoms with Crippen molar-refractivity contribution >= 4 is 39.0 Å². The highest BCUT2D eigenvalue weighted by Crippen LogP contribution is 2.21. The lowest BCUT2D eigenvalue weighted by atomic mass is 10.1. The Morgan fingerprint density at radius 1 is 1.06 bits per heavy atom. The summed E-state index contributed by atoms with van der Waals surface area (Å²) in [6, 6.07) is 13.6. The molecule has 10 heteroatoms. The van der Waals surface area contributed by atoms with Gasteiger partial charge in [0, 0.05) is 43.6 Å². The number of pyridine rings is 1. The average Bonchev–Trinajstić information content (AvgIpc) is 2.81. The highest BCUT2D eigenvalue weighted by Gasteiger charge is 2.23. The third-order valence-corrected chi connectivity index (χ3v) is 7.02. The molecule has 1 aliphatic heterocycles. The first kappa shape index (κ1) is 23.0. The second-order valence-electron chi connectivity index (χ2n) is 7.71. The summed E-state index contributed by atoms with van der Waals surface area (Å²) in [6.45, 7) is 3.79. The number of carbonyl (C=O) groups excluding carboxylic acids is 1. The summed E-state index contributed by atoms with van der Waals surface area (Å²) in [4.78, 5) is 20.9. The van der Waals surface area contributed by atoms with Gasteiger partial charge >= 0.3 is 0 Å². The normalized spacial score (nSPS) is 14.3. The molecule has 1 saturated heterocycles. The number of rotatable bonds is 5. The molecule has 4 rings (SSSR count). The highest BCUT2D eigenvalue weighted by molar-refractivity contribution is 7.92. The Hall–Kier alpha value is -3.17. The zero-order chi connectivity index (χ0) is 23.6. The molecule has 33 heavy (non-hydrogen) atoms. The van der Waals surface area contributed by atoms with Crippen LogP contribution in [-0.4, -0.2) is 50.4 Å². The van der Waals surface area contributed by atoms with Crippen LogP contribution in [0.1, 0.15) is 15.9 Å². The molecule has 172 valence electrons. The maximum absolute atomic E-state index is 13.8. The zero-order valence-corrected chi connectivity index (χ0v) is 19.4. The fraction of sp³-hybridized carbons (Fsp3) is 0.217. The van der Waals surface area contributed by atoms with Gasteiger partial charge in [0.2, 0.25) is 0 Å². The second kappa shape index (κ2) is 9.36. The number of sulfonamides is 1. The van der Waals surface area contributed by atoms with E-state index in [1.54, 1.807) is 42.3 Å². The minimum Gasteiger partial charge on any atom is -0.353 e. The molecule has 0 saturated carbocycles. The number of carbonyl (C=O) groups is 1. The van der Waals surface area contributed by atoms with Crippen molar-refractivity contribution in [3.05, 3.63) is 82.8 Å². The van der Waals surface area contributed by atoms with E-state index >= 15 is 0 Å². The van der Waals surface area contributed by atoms with E-state index in [-0.39, 0.29) is 16.5 Å². The first-order valence-electron chi connectivity index (χ1n) is 10.3. The monoisotopic (exact) mass is 488 g/mol. The molecule has 2 aromatic carbocycles. The molecule has 0 unspecified atom stereocenters. The minimum atomic E-state index is -4.00. The second-order valence-corrected chi connectivity index (χ2v) is 9.83. The molecule has 7 nitrogen and oxygen atoms in total. The van der Waals surface area contributed by atoms with Crippen molar-refractivity contribution < 1.29 is 17.6 Å². The van der Waals surface area contributed by atoms with Gasteiger partial charge in [-0.2, -0.15) is 0 Å². The summed E-state index contributed by atoms with van der Waals surface area (Å²) in [5, 5.41) is 0.565. The van der Waals surface area contributed by atoms with Crippen LogP contribution in [0.15, 0.2) is 65.7 Å². The summed E-state index contributed by atoms with van der Waals surface area (Å²) in [5.41, 5.74) is 0.947. The molecule has 3 aromatic rings. The van der Waals surface area contributed by atoms with Crippen molar-refractivity contribution in [3.8, 4) is 0 Å². The van der Waals surface area contributed by atoms with Crippen LogP contribution in [0.4, 0.5) is 15.9 Å². The Bertz CT molecular complexity index is 1280. The number of halogens is 2. The van der Waals surface area contributed by atoms with E-state index in [9.17, 15) is 17.6 Å². The fourth-order valence-corrected chi connectivity index (χ4v) is 4.72. The van der Waals surface area contributed by atoms with Crippen molar-refractivity contribution in [1.82, 2.24) is 9.88 Å². The molecule has 0 radical (unpaired) electrons. The Labute approximate surface area is 196 Å². The van der Waals surface area contributed by atoms with Crippen molar-refractivity contribution in [2.45, 2.75) is 11.8 Å². The van der Waals surface area contributed by atoms with Crippen molar-refractivity contribution in [3.63, 3.8) is 0 Å². The predicted octanol–water partition coefficient (Wildman–Crippen LogP) is 3.95. The van der Waals surface area contributed by atoms with Gasteiger partial charge in [-0.05, 0) is 55.0 Å². The number of aromatic nitrogens is 1. The van der Waals surface area contributed by atoms with Gasteiger partial charge in [0.05, 0.1) is 9.92 Å². The van der Waals surface area contributed by atoms with Crippen LogP contribution >= 0.6 is 11.6 Å². The summed E-state index contributed by atoms with van der Waals surface area (Å²) < 4.78 is 41.5. The quantitative estimate of drug-likeness (QED) is 0.588. The number of piperazine rings is 1. The molecule has 1 aliphatic rings. The van der Waals surface area contributed by atoms with Gasteiger partial charge in [-0.25, -0.2) is 17.8 Å². The van der Waals surface area contributed by atoms with Crippen LogP contribution in [0.2, 0.25) is 5.02 Å². The molecule has 0 aliphatic carbocycles. The molecule has 0 atom stereocenters. The summed E-state index contributed by atoms with van der Waals surface area (Å²) in [6.07, 6.45) is 1.59. The number of benzene rings is 2. The summed E-state index contributed by atoms with van der Waals surface area (Å²) in [5.74, 6) is 0.00587. The Morgan fingerprint density at radius 2 is 1.82 bits per heavy atom. The van der Waals surface area contributed by atoms with Crippen LogP contribution < -0.4 is 9.62 Å². The van der Waals surface area contributed by atoms with Gasteiger partial charge in [-0.1, -0.05) is 23.7 Å². The number of amides is 1. The number of nitrogens with zero attached hydrogens (tertiary/aromatic N) is 3. The van der Waals surface area contributed by atoms with E-state index in [2.05, 4.69) is 14.6 Å². The van der Waals surface area contributed by atoms with E-state index in [0.717, 1.165) is 11.9 Å². The molecule has 1 N–H and O–H groups in total. The molecule has 0 bridgehead atoms. The van der Waals surface area contributed by atoms with Gasteiger partial charge in [0.25, 0.3) is 15.9 Å². The maximum atomic E-state index is 13.8. The van der Waals surface area contributed by atoms with Gasteiger partial charge in [-0.15, -0.1) is 0 Å². The molecule has 1 amide bonds. The van der Waals surface area contributed by atoms with E-state index in [1.165, 1.54) is 18.2 Å². The van der Waals surface area contributed by atoms with E-state index < -0.39 is 15.8 Å². The maximum Gasteiger partial charge on any atom is 0.261 e. The topological polar surface area (TPSA) is 82.6 Å². The van der Waals surface area contributed by atoms with E-state index in [0.29, 0.717) is 42.3 Å². The summed E-state index contributed by atoms with van der Waals surface area (Å²) in [7, 11) is -4.00. The van der Waals surface area contributed by atoms with E-state index in [4.69, 9.17) is 11.6 Å². The first-order chi connectivity index (χ1) is 15.7. The smallest absolute Gasteiger partial charge is 0.261 e. The Balaban J connectivity index is 1.43. The lowest BCUT2D eigenvalue weighted by Crippen LogP contribution is -2.49. The average molecular weight is 489 g/mol. The van der Waals surface area contributed by atoms with Crippen LogP contribution in [0, 0.1) is 12.7 Å². The molecule has 1 aromatic heterocycles. The van der Waals surface area contributed by atoms with Crippen LogP contribution in [-0.2, 0) is 10.0 Å². The number of nitrogens with one attached hydrogen (secondary N) is 1. The predicted molar refractivity (Wildman–Crippen MR) is 126 cm³/mol. The van der Waals surface area contributed by atoms with Gasteiger partial charge < -0.3 is 9.80 Å². The molecular weight excluding hydrogens is 467 g/mol. The third-order valence-electron chi connectivity index (χ3n) is 5.42. The molecule has 0 spiro atoms. The molecular formula is C23H22ClFN4O3S. The lowest BCUT2D eigenvalue weighted by molar-refractivity contribution is 0.0746. The number of hydrogen-bond donors (Lipinski definition) is 1. The number of aryl methyl sites for hydroxylation is 1. The van der Waals surface area contributed by atoms with Crippen molar-refractivity contribution in [2.24, 2.45) is 0 Å².